The number of halogens is 1. The zero-order chi connectivity index (χ0) is 15.6. The van der Waals surface area contributed by atoms with Crippen LogP contribution in [-0.4, -0.2) is 29.4 Å². The Bertz CT molecular complexity index is 803. The maximum absolute atomic E-state index is 11.8. The third-order valence-corrected chi connectivity index (χ3v) is 3.79. The first-order valence-electron chi connectivity index (χ1n) is 5.33. The summed E-state index contributed by atoms with van der Waals surface area (Å²) in [6, 6.07) is 4.28. The number of nitro benzene ring substituents is 1. The van der Waals surface area contributed by atoms with Crippen molar-refractivity contribution in [3.05, 3.63) is 46.3 Å². The fraction of sp³-hybridized carbons (Fsp3) is 0. The predicted molar refractivity (Wildman–Crippen MR) is 72.7 cm³/mol. The number of rotatable bonds is 4. The standard InChI is InChI=1S/C10H7ClN4O5S/c11-21(19,20)6-1-2-7(9(5-6)15(17)18)13-10(16)8-3-4-12-14-8/h1-5H,(H,12,14)(H,13,16). The molecule has 0 saturated carbocycles. The molecule has 0 aliphatic carbocycles. The molecular weight excluding hydrogens is 324 g/mol. The minimum absolute atomic E-state index is 0.0957. The van der Waals surface area contributed by atoms with E-state index < -0.39 is 30.5 Å². The number of amides is 1. The van der Waals surface area contributed by atoms with Crippen molar-refractivity contribution >= 4 is 37.0 Å². The van der Waals surface area contributed by atoms with Crippen LogP contribution in [0, 0.1) is 10.1 Å². The first kappa shape index (κ1) is 14.9. The van der Waals surface area contributed by atoms with Gasteiger partial charge in [-0.05, 0) is 18.2 Å². The van der Waals surface area contributed by atoms with Crippen molar-refractivity contribution < 1.29 is 18.1 Å². The second-order valence-electron chi connectivity index (χ2n) is 3.80. The average Bonchev–Trinajstić information content (AvgIpc) is 2.91. The number of nitrogens with one attached hydrogen (secondary N) is 2. The lowest BCUT2D eigenvalue weighted by Crippen LogP contribution is -2.13. The molecule has 1 aromatic carbocycles. The highest BCUT2D eigenvalue weighted by Gasteiger charge is 2.21. The number of carbonyl (C=O) groups excluding carboxylic acids is 1. The monoisotopic (exact) mass is 330 g/mol. The van der Waals surface area contributed by atoms with E-state index in [9.17, 15) is 23.3 Å². The van der Waals surface area contributed by atoms with E-state index in [0.717, 1.165) is 18.2 Å². The fourth-order valence-corrected chi connectivity index (χ4v) is 2.26. The third kappa shape index (κ3) is 3.35. The zero-order valence-electron chi connectivity index (χ0n) is 10.1. The van der Waals surface area contributed by atoms with Crippen LogP contribution in [0.15, 0.2) is 35.4 Å². The number of nitrogens with zero attached hydrogens (tertiary/aromatic N) is 2. The van der Waals surface area contributed by atoms with E-state index in [1.165, 1.54) is 12.3 Å². The van der Waals surface area contributed by atoms with Gasteiger partial charge in [-0.2, -0.15) is 5.10 Å². The van der Waals surface area contributed by atoms with Gasteiger partial charge >= 0.3 is 0 Å². The number of anilines is 1. The molecule has 0 aliphatic heterocycles. The first-order chi connectivity index (χ1) is 9.79. The van der Waals surface area contributed by atoms with Gasteiger partial charge in [-0.15, -0.1) is 0 Å². The summed E-state index contributed by atoms with van der Waals surface area (Å²) in [5.74, 6) is -0.655. The topological polar surface area (TPSA) is 135 Å². The van der Waals surface area contributed by atoms with Gasteiger partial charge in [0.1, 0.15) is 11.4 Å². The number of benzene rings is 1. The molecule has 2 N–H and O–H groups in total. The number of aromatic nitrogens is 2. The fourth-order valence-electron chi connectivity index (χ4n) is 1.49. The molecule has 0 atom stereocenters. The van der Waals surface area contributed by atoms with Crippen LogP contribution in [-0.2, 0) is 9.05 Å². The van der Waals surface area contributed by atoms with Gasteiger partial charge in [0.2, 0.25) is 0 Å². The lowest BCUT2D eigenvalue weighted by Gasteiger charge is -2.05. The number of H-pyrrole nitrogens is 1. The highest BCUT2D eigenvalue weighted by molar-refractivity contribution is 8.13. The molecule has 2 rings (SSSR count). The lowest BCUT2D eigenvalue weighted by atomic mass is 10.2. The highest BCUT2D eigenvalue weighted by atomic mass is 35.7. The average molecular weight is 331 g/mol. The smallest absolute Gasteiger partial charge is 0.294 e. The molecule has 11 heteroatoms. The Balaban J connectivity index is 2.40. The molecule has 110 valence electrons. The second kappa shape index (κ2) is 5.50. The molecule has 0 spiro atoms. The number of carbonyl (C=O) groups is 1. The summed E-state index contributed by atoms with van der Waals surface area (Å²) in [4.78, 5) is 21.5. The van der Waals surface area contributed by atoms with Crippen molar-refractivity contribution in [2.24, 2.45) is 0 Å². The van der Waals surface area contributed by atoms with Crippen LogP contribution < -0.4 is 5.32 Å². The first-order valence-corrected chi connectivity index (χ1v) is 7.64. The molecule has 9 nitrogen and oxygen atoms in total. The molecule has 2 aromatic rings. The van der Waals surface area contributed by atoms with Crippen molar-refractivity contribution in [2.45, 2.75) is 4.90 Å². The summed E-state index contributed by atoms with van der Waals surface area (Å²) >= 11 is 0. The maximum atomic E-state index is 11.8. The highest BCUT2D eigenvalue weighted by Crippen LogP contribution is 2.29. The number of aromatic amines is 1. The minimum atomic E-state index is -4.11. The van der Waals surface area contributed by atoms with E-state index >= 15 is 0 Å². The van der Waals surface area contributed by atoms with Crippen molar-refractivity contribution in [1.29, 1.82) is 0 Å². The van der Waals surface area contributed by atoms with Gasteiger partial charge in [0.15, 0.2) is 0 Å². The van der Waals surface area contributed by atoms with Gasteiger partial charge in [-0.1, -0.05) is 0 Å². The molecule has 0 unspecified atom stereocenters. The number of hydrogen-bond donors (Lipinski definition) is 2. The molecule has 1 aromatic heterocycles. The summed E-state index contributed by atoms with van der Waals surface area (Å²) in [5, 5.41) is 19.2. The van der Waals surface area contributed by atoms with Crippen LogP contribution in [0.2, 0.25) is 0 Å². The Hall–Kier alpha value is -2.46. The number of hydrogen-bond acceptors (Lipinski definition) is 6. The normalized spacial score (nSPS) is 11.1. The molecule has 1 heterocycles. The van der Waals surface area contributed by atoms with Crippen LogP contribution in [0.25, 0.3) is 0 Å². The molecule has 0 radical (unpaired) electrons. The Kier molecular flexibility index (Phi) is 3.91. The maximum Gasteiger partial charge on any atom is 0.294 e. The Labute approximate surface area is 122 Å². The second-order valence-corrected chi connectivity index (χ2v) is 6.36. The molecule has 21 heavy (non-hydrogen) atoms. The van der Waals surface area contributed by atoms with E-state index in [1.54, 1.807) is 0 Å². The molecule has 1 amide bonds. The summed E-state index contributed by atoms with van der Waals surface area (Å²) in [7, 11) is 1.02. The van der Waals surface area contributed by atoms with E-state index in [0.29, 0.717) is 0 Å². The van der Waals surface area contributed by atoms with Gasteiger partial charge in [0, 0.05) is 22.9 Å². The van der Waals surface area contributed by atoms with Crippen molar-refractivity contribution in [3.63, 3.8) is 0 Å². The molecule has 0 bridgehead atoms. The van der Waals surface area contributed by atoms with Crippen LogP contribution in [0.5, 0.6) is 0 Å². The quantitative estimate of drug-likeness (QED) is 0.495. The van der Waals surface area contributed by atoms with E-state index in [4.69, 9.17) is 10.7 Å². The number of nitro groups is 1. The minimum Gasteiger partial charge on any atom is -0.315 e. The van der Waals surface area contributed by atoms with Crippen LogP contribution in [0.3, 0.4) is 0 Å². The molecule has 0 aliphatic rings. The van der Waals surface area contributed by atoms with Crippen molar-refractivity contribution in [1.82, 2.24) is 10.2 Å². The van der Waals surface area contributed by atoms with Crippen LogP contribution in [0.1, 0.15) is 10.5 Å². The predicted octanol–water partition coefficient (Wildman–Crippen LogP) is 1.50. The van der Waals surface area contributed by atoms with Gasteiger partial charge < -0.3 is 5.32 Å². The Morgan fingerprint density at radius 3 is 2.62 bits per heavy atom. The van der Waals surface area contributed by atoms with Gasteiger partial charge in [-0.3, -0.25) is 20.0 Å². The van der Waals surface area contributed by atoms with Gasteiger partial charge in [0.05, 0.1) is 9.82 Å². The largest absolute Gasteiger partial charge is 0.315 e. The zero-order valence-corrected chi connectivity index (χ0v) is 11.7. The van der Waals surface area contributed by atoms with Crippen molar-refractivity contribution in [3.8, 4) is 0 Å². The molecular formula is C10H7ClN4O5S. The van der Waals surface area contributed by atoms with Crippen LogP contribution in [0.4, 0.5) is 11.4 Å². The van der Waals surface area contributed by atoms with Crippen LogP contribution >= 0.6 is 10.7 Å². The third-order valence-electron chi connectivity index (χ3n) is 2.44. The Morgan fingerprint density at radius 1 is 1.38 bits per heavy atom. The molecule has 0 saturated heterocycles. The summed E-state index contributed by atoms with van der Waals surface area (Å²) < 4.78 is 22.3. The van der Waals surface area contributed by atoms with Gasteiger partial charge in [0.25, 0.3) is 20.6 Å². The Morgan fingerprint density at radius 2 is 2.10 bits per heavy atom. The lowest BCUT2D eigenvalue weighted by molar-refractivity contribution is -0.384. The van der Waals surface area contributed by atoms with Crippen molar-refractivity contribution in [2.75, 3.05) is 5.32 Å². The summed E-state index contributed by atoms with van der Waals surface area (Å²) in [5.41, 5.74) is -0.661. The molecule has 0 fully saturated rings. The summed E-state index contributed by atoms with van der Waals surface area (Å²) in [6.07, 6.45) is 1.34. The van der Waals surface area contributed by atoms with E-state index in [2.05, 4.69) is 15.5 Å². The SMILES string of the molecule is O=C(Nc1ccc(S(=O)(=O)Cl)cc1[N+](=O)[O-])c1ccn[nH]1. The summed E-state index contributed by atoms with van der Waals surface area (Å²) in [6.45, 7) is 0. The van der Waals surface area contributed by atoms with Gasteiger partial charge in [-0.25, -0.2) is 8.42 Å². The van der Waals surface area contributed by atoms with E-state index in [-0.39, 0.29) is 11.4 Å². The van der Waals surface area contributed by atoms with E-state index in [1.807, 2.05) is 0 Å².